The van der Waals surface area contributed by atoms with Crippen LogP contribution in [0.25, 0.3) is 0 Å². The van der Waals surface area contributed by atoms with Crippen molar-refractivity contribution in [3.8, 4) is 11.5 Å². The zero-order chi connectivity index (χ0) is 23.9. The summed E-state index contributed by atoms with van der Waals surface area (Å²) in [5.41, 5.74) is 7.28. The first-order valence-electron chi connectivity index (χ1n) is 11.5. The molecule has 0 bridgehead atoms. The third-order valence-corrected chi connectivity index (χ3v) is 6.01. The molecule has 4 rings (SSSR count). The van der Waals surface area contributed by atoms with Crippen LogP contribution in [0.3, 0.4) is 0 Å². The number of nitrogens with zero attached hydrogens (tertiary/aromatic N) is 1. The molecule has 0 heterocycles. The molecule has 1 aliphatic rings. The van der Waals surface area contributed by atoms with Crippen molar-refractivity contribution in [1.29, 1.82) is 0 Å². The summed E-state index contributed by atoms with van der Waals surface area (Å²) < 4.78 is 10.7. The van der Waals surface area contributed by atoms with Crippen molar-refractivity contribution in [2.75, 3.05) is 27.4 Å². The van der Waals surface area contributed by atoms with Crippen LogP contribution in [0.5, 0.6) is 11.5 Å². The lowest BCUT2D eigenvalue weighted by Gasteiger charge is -2.20. The van der Waals surface area contributed by atoms with Crippen LogP contribution in [0, 0.1) is 0 Å². The largest absolute Gasteiger partial charge is 0.493 e. The van der Waals surface area contributed by atoms with E-state index in [1.807, 2.05) is 31.2 Å². The molecule has 176 valence electrons. The summed E-state index contributed by atoms with van der Waals surface area (Å²) in [5.74, 6) is 1.09. The fourth-order valence-corrected chi connectivity index (χ4v) is 4.22. The van der Waals surface area contributed by atoms with Crippen molar-refractivity contribution < 1.29 is 19.1 Å². The standard InChI is InChI=1S/C28H30N2O4/c1-4-34-30-27(28(31)29-14-13-19-9-12-25(32-2)26(15-19)33-3)23-11-10-22-16-20-7-5-6-8-21(20)17-24(22)18-23/h5-12,15,18H,4,13-14,16-17H2,1-3H3,(H,29,31). The molecule has 3 aromatic rings. The highest BCUT2D eigenvalue weighted by atomic mass is 16.6. The molecule has 0 saturated heterocycles. The van der Waals surface area contributed by atoms with Gasteiger partial charge in [-0.15, -0.1) is 0 Å². The molecule has 0 saturated carbocycles. The number of oxime groups is 1. The van der Waals surface area contributed by atoms with E-state index in [0.29, 0.717) is 31.1 Å². The number of carbonyl (C=O) groups is 1. The Hall–Kier alpha value is -3.80. The smallest absolute Gasteiger partial charge is 0.273 e. The van der Waals surface area contributed by atoms with E-state index in [-0.39, 0.29) is 11.6 Å². The number of fused-ring (bicyclic) bond motifs is 2. The van der Waals surface area contributed by atoms with Crippen molar-refractivity contribution in [2.24, 2.45) is 5.16 Å². The van der Waals surface area contributed by atoms with Gasteiger partial charge in [-0.1, -0.05) is 47.6 Å². The van der Waals surface area contributed by atoms with Gasteiger partial charge in [0, 0.05) is 12.1 Å². The zero-order valence-electron chi connectivity index (χ0n) is 19.9. The van der Waals surface area contributed by atoms with Gasteiger partial charge in [-0.05, 0) is 72.2 Å². The number of rotatable bonds is 9. The van der Waals surface area contributed by atoms with E-state index in [1.165, 1.54) is 22.3 Å². The minimum atomic E-state index is -0.259. The molecular formula is C28H30N2O4. The average molecular weight is 459 g/mol. The van der Waals surface area contributed by atoms with Gasteiger partial charge >= 0.3 is 0 Å². The Labute approximate surface area is 200 Å². The number of hydrogen-bond acceptors (Lipinski definition) is 5. The Morgan fingerprint density at radius 3 is 2.29 bits per heavy atom. The van der Waals surface area contributed by atoms with E-state index >= 15 is 0 Å². The number of amides is 1. The summed E-state index contributed by atoms with van der Waals surface area (Å²) in [6.07, 6.45) is 2.40. The van der Waals surface area contributed by atoms with Gasteiger partial charge < -0.3 is 19.6 Å². The van der Waals surface area contributed by atoms with Gasteiger partial charge in [0.25, 0.3) is 5.91 Å². The topological polar surface area (TPSA) is 69.2 Å². The van der Waals surface area contributed by atoms with Crippen molar-refractivity contribution in [3.63, 3.8) is 0 Å². The fraction of sp³-hybridized carbons (Fsp3) is 0.286. The average Bonchev–Trinajstić information content (AvgIpc) is 2.87. The van der Waals surface area contributed by atoms with Crippen LogP contribution >= 0.6 is 0 Å². The van der Waals surface area contributed by atoms with Gasteiger partial charge in [-0.25, -0.2) is 0 Å². The van der Waals surface area contributed by atoms with E-state index in [1.54, 1.807) is 14.2 Å². The summed E-state index contributed by atoms with van der Waals surface area (Å²) >= 11 is 0. The number of methoxy groups -OCH3 is 2. The van der Waals surface area contributed by atoms with Crippen LogP contribution in [0.1, 0.15) is 40.3 Å². The van der Waals surface area contributed by atoms with Crippen LogP contribution in [-0.4, -0.2) is 39.0 Å². The Balaban J connectivity index is 1.47. The zero-order valence-corrected chi connectivity index (χ0v) is 19.9. The summed E-state index contributed by atoms with van der Waals surface area (Å²) in [6, 6.07) is 20.4. The first-order valence-corrected chi connectivity index (χ1v) is 11.5. The second-order valence-corrected chi connectivity index (χ2v) is 8.16. The number of carbonyl (C=O) groups excluding carboxylic acids is 1. The van der Waals surface area contributed by atoms with Crippen LogP contribution < -0.4 is 14.8 Å². The molecular weight excluding hydrogens is 428 g/mol. The van der Waals surface area contributed by atoms with Crippen molar-refractivity contribution in [2.45, 2.75) is 26.2 Å². The SMILES string of the molecule is CCON=C(C(=O)NCCc1ccc(OC)c(OC)c1)c1ccc2c(c1)Cc1ccccc1C2. The molecule has 0 aromatic heterocycles. The van der Waals surface area contributed by atoms with E-state index in [9.17, 15) is 4.79 Å². The monoisotopic (exact) mass is 458 g/mol. The lowest BCUT2D eigenvalue weighted by atomic mass is 9.85. The molecule has 0 aliphatic heterocycles. The third-order valence-electron chi connectivity index (χ3n) is 6.01. The Morgan fingerprint density at radius 1 is 0.882 bits per heavy atom. The van der Waals surface area contributed by atoms with E-state index in [4.69, 9.17) is 14.3 Å². The second kappa shape index (κ2) is 10.9. The van der Waals surface area contributed by atoms with Crippen molar-refractivity contribution in [1.82, 2.24) is 5.32 Å². The van der Waals surface area contributed by atoms with Gasteiger partial charge in [-0.2, -0.15) is 0 Å². The van der Waals surface area contributed by atoms with Crippen LogP contribution in [0.15, 0.2) is 65.8 Å². The first kappa shape index (κ1) is 23.4. The lowest BCUT2D eigenvalue weighted by Crippen LogP contribution is -2.33. The third kappa shape index (κ3) is 5.22. The molecule has 0 atom stereocenters. The maximum atomic E-state index is 13.1. The van der Waals surface area contributed by atoms with Gasteiger partial charge in [0.05, 0.1) is 14.2 Å². The Kier molecular flexibility index (Phi) is 7.48. The normalized spacial score (nSPS) is 12.4. The highest BCUT2D eigenvalue weighted by Gasteiger charge is 2.20. The van der Waals surface area contributed by atoms with E-state index in [0.717, 1.165) is 24.0 Å². The fourth-order valence-electron chi connectivity index (χ4n) is 4.22. The highest BCUT2D eigenvalue weighted by Crippen LogP contribution is 2.29. The molecule has 0 spiro atoms. The first-order chi connectivity index (χ1) is 16.6. The number of hydrogen-bond donors (Lipinski definition) is 1. The maximum Gasteiger partial charge on any atom is 0.273 e. The summed E-state index contributed by atoms with van der Waals surface area (Å²) in [5, 5.41) is 7.13. The molecule has 6 heteroatoms. The van der Waals surface area contributed by atoms with Crippen LogP contribution in [0.4, 0.5) is 0 Å². The number of benzene rings is 3. The van der Waals surface area contributed by atoms with Crippen molar-refractivity contribution >= 4 is 11.6 Å². The second-order valence-electron chi connectivity index (χ2n) is 8.16. The Morgan fingerprint density at radius 2 is 1.59 bits per heavy atom. The molecule has 34 heavy (non-hydrogen) atoms. The molecule has 3 aromatic carbocycles. The van der Waals surface area contributed by atoms with Gasteiger partial charge in [0.2, 0.25) is 0 Å². The predicted molar refractivity (Wildman–Crippen MR) is 133 cm³/mol. The minimum Gasteiger partial charge on any atom is -0.493 e. The minimum absolute atomic E-state index is 0.259. The molecule has 0 unspecified atom stereocenters. The van der Waals surface area contributed by atoms with Crippen molar-refractivity contribution in [3.05, 3.63) is 94.0 Å². The lowest BCUT2D eigenvalue weighted by molar-refractivity contribution is -0.114. The molecule has 0 radical (unpaired) electrons. The van der Waals surface area contributed by atoms with Gasteiger partial charge in [0.1, 0.15) is 6.61 Å². The molecule has 1 aliphatic carbocycles. The van der Waals surface area contributed by atoms with Crippen LogP contribution in [0.2, 0.25) is 0 Å². The summed E-state index contributed by atoms with van der Waals surface area (Å²) in [6.45, 7) is 2.69. The number of nitrogens with one attached hydrogen (secondary N) is 1. The molecule has 6 nitrogen and oxygen atoms in total. The maximum absolute atomic E-state index is 13.1. The summed E-state index contributed by atoms with van der Waals surface area (Å²) in [4.78, 5) is 18.4. The van der Waals surface area contributed by atoms with E-state index in [2.05, 4.69) is 46.9 Å². The molecule has 1 amide bonds. The summed E-state index contributed by atoms with van der Waals surface area (Å²) in [7, 11) is 3.22. The Bertz CT molecular complexity index is 1200. The van der Waals surface area contributed by atoms with Gasteiger partial charge in [-0.3, -0.25) is 4.79 Å². The quantitative estimate of drug-likeness (QED) is 0.300. The molecule has 0 fully saturated rings. The van der Waals surface area contributed by atoms with Gasteiger partial charge in [0.15, 0.2) is 17.2 Å². The molecule has 1 N–H and O–H groups in total. The predicted octanol–water partition coefficient (Wildman–Crippen LogP) is 4.30. The van der Waals surface area contributed by atoms with Crippen LogP contribution in [-0.2, 0) is 28.9 Å². The number of ether oxygens (including phenoxy) is 2. The highest BCUT2D eigenvalue weighted by molar-refractivity contribution is 6.45. The van der Waals surface area contributed by atoms with E-state index < -0.39 is 0 Å².